The Morgan fingerprint density at radius 2 is 2.03 bits per heavy atom. The van der Waals surface area contributed by atoms with Crippen LogP contribution in [0, 0.1) is 18.3 Å². The summed E-state index contributed by atoms with van der Waals surface area (Å²) >= 11 is 9.50. The summed E-state index contributed by atoms with van der Waals surface area (Å²) in [6, 6.07) is 19.9. The van der Waals surface area contributed by atoms with Crippen LogP contribution in [0.2, 0.25) is 5.02 Å². The number of ether oxygens (including phenoxy) is 1. The lowest BCUT2D eigenvalue weighted by atomic mass is 10.1. The van der Waals surface area contributed by atoms with Crippen LogP contribution in [0.1, 0.15) is 32.6 Å². The third kappa shape index (κ3) is 5.47. The Hall–Kier alpha value is -3.14. The molecule has 0 bridgehead atoms. The van der Waals surface area contributed by atoms with Gasteiger partial charge in [-0.2, -0.15) is 10.4 Å². The zero-order valence-corrected chi connectivity index (χ0v) is 18.4. The van der Waals surface area contributed by atoms with Gasteiger partial charge in [0.2, 0.25) is 0 Å². The van der Waals surface area contributed by atoms with Crippen molar-refractivity contribution in [2.24, 2.45) is 5.10 Å². The van der Waals surface area contributed by atoms with Gasteiger partial charge in [0, 0.05) is 26.2 Å². The molecule has 150 valence electrons. The van der Waals surface area contributed by atoms with E-state index in [2.05, 4.69) is 32.5 Å². The van der Waals surface area contributed by atoms with Crippen molar-refractivity contribution in [3.63, 3.8) is 0 Å². The van der Waals surface area contributed by atoms with Crippen molar-refractivity contribution in [3.05, 3.63) is 98.0 Å². The van der Waals surface area contributed by atoms with E-state index in [1.165, 1.54) is 6.21 Å². The number of amides is 1. The molecule has 0 aliphatic heterocycles. The summed E-state index contributed by atoms with van der Waals surface area (Å²) in [6.45, 7) is 2.10. The fourth-order valence-electron chi connectivity index (χ4n) is 2.62. The zero-order valence-electron chi connectivity index (χ0n) is 16.0. The van der Waals surface area contributed by atoms with Gasteiger partial charge in [0.15, 0.2) is 0 Å². The molecule has 7 heteroatoms. The fourth-order valence-corrected chi connectivity index (χ4v) is 3.18. The van der Waals surface area contributed by atoms with Crippen molar-refractivity contribution in [1.29, 1.82) is 5.26 Å². The van der Waals surface area contributed by atoms with Gasteiger partial charge in [-0.1, -0.05) is 51.8 Å². The van der Waals surface area contributed by atoms with Crippen LogP contribution in [0.15, 0.2) is 70.2 Å². The summed E-state index contributed by atoms with van der Waals surface area (Å²) in [5, 5.41) is 13.8. The maximum Gasteiger partial charge on any atom is 0.271 e. The number of halogens is 2. The largest absolute Gasteiger partial charge is 0.488 e. The lowest BCUT2D eigenvalue weighted by molar-refractivity contribution is 0.0955. The van der Waals surface area contributed by atoms with Gasteiger partial charge < -0.3 is 4.74 Å². The second-order valence-electron chi connectivity index (χ2n) is 6.40. The van der Waals surface area contributed by atoms with Gasteiger partial charge in [-0.25, -0.2) is 5.43 Å². The third-order valence-corrected chi connectivity index (χ3v) is 5.20. The van der Waals surface area contributed by atoms with E-state index in [0.717, 1.165) is 15.6 Å². The number of hydrogen-bond donors (Lipinski definition) is 1. The summed E-state index contributed by atoms with van der Waals surface area (Å²) in [6.07, 6.45) is 1.50. The molecule has 3 aromatic carbocycles. The highest BCUT2D eigenvalue weighted by Crippen LogP contribution is 2.23. The molecule has 0 fully saturated rings. The summed E-state index contributed by atoms with van der Waals surface area (Å²) in [4.78, 5) is 12.3. The molecule has 0 saturated heterocycles. The molecule has 1 amide bonds. The molecule has 0 spiro atoms. The van der Waals surface area contributed by atoms with Gasteiger partial charge in [0.05, 0.1) is 17.8 Å². The Bertz CT molecular complexity index is 1160. The van der Waals surface area contributed by atoms with Gasteiger partial charge in [-0.05, 0) is 48.9 Å². The first kappa shape index (κ1) is 21.6. The molecule has 0 aliphatic rings. The molecule has 3 rings (SSSR count). The summed E-state index contributed by atoms with van der Waals surface area (Å²) < 4.78 is 6.74. The van der Waals surface area contributed by atoms with Crippen LogP contribution in [0.25, 0.3) is 0 Å². The van der Waals surface area contributed by atoms with Crippen LogP contribution in [0.3, 0.4) is 0 Å². The Morgan fingerprint density at radius 1 is 1.23 bits per heavy atom. The van der Waals surface area contributed by atoms with Crippen molar-refractivity contribution in [2.75, 3.05) is 0 Å². The van der Waals surface area contributed by atoms with Gasteiger partial charge in [0.1, 0.15) is 12.4 Å². The normalized spacial score (nSPS) is 10.6. The standard InChI is InChI=1S/C23H17BrClN3O2/c1-15-6-7-16(11-21(15)25)23(29)28-27-13-19-10-20(24)8-9-22(19)30-14-18-5-3-2-4-17(18)12-26/h2-11,13H,14H2,1H3,(H,28,29)/b27-13-. The van der Waals surface area contributed by atoms with Crippen molar-refractivity contribution < 1.29 is 9.53 Å². The topological polar surface area (TPSA) is 74.5 Å². The van der Waals surface area contributed by atoms with E-state index in [9.17, 15) is 10.1 Å². The van der Waals surface area contributed by atoms with Gasteiger partial charge >= 0.3 is 0 Å². The predicted octanol–water partition coefficient (Wildman–Crippen LogP) is 5.63. The van der Waals surface area contributed by atoms with Gasteiger partial charge in [-0.3, -0.25) is 4.79 Å². The minimum atomic E-state index is -0.367. The van der Waals surface area contributed by atoms with E-state index < -0.39 is 0 Å². The average molecular weight is 483 g/mol. The molecule has 30 heavy (non-hydrogen) atoms. The van der Waals surface area contributed by atoms with Crippen LogP contribution < -0.4 is 10.2 Å². The Kier molecular flexibility index (Phi) is 7.23. The van der Waals surface area contributed by atoms with E-state index >= 15 is 0 Å². The molecule has 0 unspecified atom stereocenters. The molecule has 0 radical (unpaired) electrons. The molecular formula is C23H17BrClN3O2. The molecule has 0 atom stereocenters. The van der Waals surface area contributed by atoms with Crippen molar-refractivity contribution >= 4 is 39.7 Å². The van der Waals surface area contributed by atoms with Crippen molar-refractivity contribution in [1.82, 2.24) is 5.43 Å². The van der Waals surface area contributed by atoms with Crippen LogP contribution in [-0.4, -0.2) is 12.1 Å². The fraction of sp³-hybridized carbons (Fsp3) is 0.0870. The number of nitrogens with zero attached hydrogens (tertiary/aromatic N) is 2. The maximum absolute atomic E-state index is 12.3. The summed E-state index contributed by atoms with van der Waals surface area (Å²) in [5.41, 5.74) is 5.82. The Labute approximate surface area is 188 Å². The Morgan fingerprint density at radius 3 is 2.80 bits per heavy atom. The molecule has 3 aromatic rings. The molecule has 0 aromatic heterocycles. The summed E-state index contributed by atoms with van der Waals surface area (Å²) in [5.74, 6) is 0.205. The van der Waals surface area contributed by atoms with Gasteiger partial charge in [0.25, 0.3) is 5.91 Å². The first-order chi connectivity index (χ1) is 14.5. The minimum absolute atomic E-state index is 0.237. The lowest BCUT2D eigenvalue weighted by Gasteiger charge is -2.10. The van der Waals surface area contributed by atoms with Gasteiger partial charge in [-0.15, -0.1) is 0 Å². The number of benzene rings is 3. The second kappa shape index (κ2) is 10.1. The third-order valence-electron chi connectivity index (χ3n) is 4.30. The van der Waals surface area contributed by atoms with Crippen LogP contribution in [-0.2, 0) is 6.61 Å². The number of rotatable bonds is 6. The Balaban J connectivity index is 1.72. The van der Waals surface area contributed by atoms with E-state index in [-0.39, 0.29) is 12.5 Å². The summed E-state index contributed by atoms with van der Waals surface area (Å²) in [7, 11) is 0. The molecular weight excluding hydrogens is 466 g/mol. The number of hydrogen-bond acceptors (Lipinski definition) is 4. The van der Waals surface area contributed by atoms with Crippen molar-refractivity contribution in [3.8, 4) is 11.8 Å². The van der Waals surface area contributed by atoms with E-state index in [0.29, 0.717) is 27.5 Å². The highest BCUT2D eigenvalue weighted by atomic mass is 79.9. The highest BCUT2D eigenvalue weighted by molar-refractivity contribution is 9.10. The molecule has 0 aliphatic carbocycles. The predicted molar refractivity (Wildman–Crippen MR) is 121 cm³/mol. The number of hydrazone groups is 1. The number of carbonyl (C=O) groups is 1. The second-order valence-corrected chi connectivity index (χ2v) is 7.73. The van der Waals surface area contributed by atoms with Crippen LogP contribution in [0.4, 0.5) is 0 Å². The smallest absolute Gasteiger partial charge is 0.271 e. The molecule has 0 saturated carbocycles. The average Bonchev–Trinajstić information content (AvgIpc) is 2.75. The van der Waals surface area contributed by atoms with Crippen LogP contribution >= 0.6 is 27.5 Å². The first-order valence-electron chi connectivity index (χ1n) is 8.98. The number of nitrogens with one attached hydrogen (secondary N) is 1. The maximum atomic E-state index is 12.3. The van der Waals surface area contributed by atoms with Crippen LogP contribution in [0.5, 0.6) is 5.75 Å². The number of nitriles is 1. The minimum Gasteiger partial charge on any atom is -0.488 e. The van der Waals surface area contributed by atoms with E-state index in [1.807, 2.05) is 37.3 Å². The van der Waals surface area contributed by atoms with E-state index in [4.69, 9.17) is 16.3 Å². The molecule has 5 nitrogen and oxygen atoms in total. The SMILES string of the molecule is Cc1ccc(C(=O)N/N=C\c2cc(Br)ccc2OCc2ccccc2C#N)cc1Cl. The number of carbonyl (C=O) groups excluding carboxylic acids is 1. The highest BCUT2D eigenvalue weighted by Gasteiger charge is 2.08. The first-order valence-corrected chi connectivity index (χ1v) is 10.1. The lowest BCUT2D eigenvalue weighted by Crippen LogP contribution is -2.17. The molecule has 0 heterocycles. The quantitative estimate of drug-likeness (QED) is 0.366. The van der Waals surface area contributed by atoms with Crippen molar-refractivity contribution in [2.45, 2.75) is 13.5 Å². The number of aryl methyl sites for hydroxylation is 1. The monoisotopic (exact) mass is 481 g/mol. The zero-order chi connectivity index (χ0) is 21.5. The van der Waals surface area contributed by atoms with E-state index in [1.54, 1.807) is 30.3 Å². The molecule has 1 N–H and O–H groups in total.